The molecule has 1 amide bonds. The van der Waals surface area contributed by atoms with Crippen LogP contribution in [0.5, 0.6) is 0 Å². The molecular weight excluding hydrogens is 296 g/mol. The van der Waals surface area contributed by atoms with Gasteiger partial charge in [-0.15, -0.1) is 0 Å². The van der Waals surface area contributed by atoms with Crippen molar-refractivity contribution in [1.29, 1.82) is 0 Å². The van der Waals surface area contributed by atoms with Crippen molar-refractivity contribution in [3.05, 3.63) is 46.3 Å². The molecule has 92 valence electrons. The molecule has 0 saturated heterocycles. The molecule has 0 fully saturated rings. The van der Waals surface area contributed by atoms with Gasteiger partial charge in [-0.3, -0.25) is 9.78 Å². The maximum atomic E-state index is 11.9. The van der Waals surface area contributed by atoms with Crippen molar-refractivity contribution in [3.8, 4) is 0 Å². The van der Waals surface area contributed by atoms with Crippen LogP contribution < -0.4 is 11.1 Å². The third-order valence-electron chi connectivity index (χ3n) is 2.27. The quantitative estimate of drug-likeness (QED) is 0.892. The van der Waals surface area contributed by atoms with Crippen molar-refractivity contribution >= 4 is 33.3 Å². The van der Waals surface area contributed by atoms with Gasteiger partial charge in [0.1, 0.15) is 5.82 Å². The van der Waals surface area contributed by atoms with Crippen molar-refractivity contribution in [3.63, 3.8) is 0 Å². The molecule has 0 atom stereocenters. The highest BCUT2D eigenvalue weighted by molar-refractivity contribution is 9.10. The average Bonchev–Trinajstić information content (AvgIpc) is 2.33. The summed E-state index contributed by atoms with van der Waals surface area (Å²) in [5.41, 5.74) is 7.43. The van der Waals surface area contributed by atoms with Crippen LogP contribution in [0.1, 0.15) is 16.1 Å². The van der Waals surface area contributed by atoms with Crippen molar-refractivity contribution < 1.29 is 4.79 Å². The van der Waals surface area contributed by atoms with Gasteiger partial charge in [0, 0.05) is 11.9 Å². The molecule has 0 saturated carbocycles. The minimum Gasteiger partial charge on any atom is -0.397 e. The standard InChI is InChI=1S/C12H11BrN4O/c1-7-2-3-8(5-15-7)12(18)17-11-10(13)4-9(14)6-16-11/h2-6H,14H2,1H3,(H,16,17,18). The lowest BCUT2D eigenvalue weighted by molar-refractivity contribution is 0.102. The summed E-state index contributed by atoms with van der Waals surface area (Å²) in [5, 5.41) is 2.68. The molecule has 0 aromatic carbocycles. The maximum absolute atomic E-state index is 11.9. The van der Waals surface area contributed by atoms with Gasteiger partial charge in [-0.25, -0.2) is 4.98 Å². The largest absolute Gasteiger partial charge is 0.397 e. The molecule has 2 rings (SSSR count). The topological polar surface area (TPSA) is 80.9 Å². The number of aromatic nitrogens is 2. The lowest BCUT2D eigenvalue weighted by atomic mass is 10.2. The fraction of sp³-hybridized carbons (Fsp3) is 0.0833. The Morgan fingerprint density at radius 1 is 1.33 bits per heavy atom. The summed E-state index contributed by atoms with van der Waals surface area (Å²) in [4.78, 5) is 20.0. The first-order valence-corrected chi connectivity index (χ1v) is 6.00. The molecule has 0 aliphatic rings. The monoisotopic (exact) mass is 306 g/mol. The number of anilines is 2. The fourth-order valence-electron chi connectivity index (χ4n) is 1.33. The van der Waals surface area contributed by atoms with Crippen LogP contribution in [0, 0.1) is 6.92 Å². The average molecular weight is 307 g/mol. The molecule has 0 radical (unpaired) electrons. The second-order valence-corrected chi connectivity index (χ2v) is 4.60. The maximum Gasteiger partial charge on any atom is 0.258 e. The van der Waals surface area contributed by atoms with E-state index in [0.29, 0.717) is 21.5 Å². The van der Waals surface area contributed by atoms with E-state index in [-0.39, 0.29) is 5.91 Å². The minimum absolute atomic E-state index is 0.263. The van der Waals surface area contributed by atoms with Crippen LogP contribution in [0.2, 0.25) is 0 Å². The van der Waals surface area contributed by atoms with E-state index in [1.54, 1.807) is 18.2 Å². The molecule has 0 aliphatic heterocycles. The molecule has 18 heavy (non-hydrogen) atoms. The Morgan fingerprint density at radius 2 is 2.11 bits per heavy atom. The van der Waals surface area contributed by atoms with E-state index in [2.05, 4.69) is 31.2 Å². The number of nitrogens with two attached hydrogens (primary N) is 1. The number of rotatable bonds is 2. The summed E-state index contributed by atoms with van der Waals surface area (Å²) in [6, 6.07) is 5.17. The first kappa shape index (κ1) is 12.5. The predicted octanol–water partition coefficient (Wildman–Crippen LogP) is 2.38. The van der Waals surface area contributed by atoms with Crippen molar-refractivity contribution in [2.45, 2.75) is 6.92 Å². The summed E-state index contributed by atoms with van der Waals surface area (Å²) in [6.45, 7) is 1.86. The van der Waals surface area contributed by atoms with Gasteiger partial charge in [0.15, 0.2) is 0 Å². The van der Waals surface area contributed by atoms with Crippen molar-refractivity contribution in [2.75, 3.05) is 11.1 Å². The summed E-state index contributed by atoms with van der Waals surface area (Å²) in [6.07, 6.45) is 3.00. The van der Waals surface area contributed by atoms with Crippen molar-refractivity contribution in [1.82, 2.24) is 9.97 Å². The summed E-state index contributed by atoms with van der Waals surface area (Å²) in [7, 11) is 0. The molecule has 0 spiro atoms. The number of nitrogens with one attached hydrogen (secondary N) is 1. The third kappa shape index (κ3) is 2.84. The molecule has 3 N–H and O–H groups in total. The van der Waals surface area contributed by atoms with Crippen LogP contribution in [-0.2, 0) is 0 Å². The molecule has 0 aliphatic carbocycles. The van der Waals surface area contributed by atoms with E-state index in [1.165, 1.54) is 12.4 Å². The van der Waals surface area contributed by atoms with Gasteiger partial charge >= 0.3 is 0 Å². The molecule has 5 nitrogen and oxygen atoms in total. The Bertz CT molecular complexity index is 583. The van der Waals surface area contributed by atoms with Crippen LogP contribution in [0.4, 0.5) is 11.5 Å². The molecular formula is C12H11BrN4O. The SMILES string of the molecule is Cc1ccc(C(=O)Nc2ncc(N)cc2Br)cn1. The number of carbonyl (C=O) groups excluding carboxylic acids is 1. The molecule has 2 aromatic heterocycles. The summed E-state index contributed by atoms with van der Waals surface area (Å²) in [5.74, 6) is 0.162. The van der Waals surface area contributed by atoms with E-state index in [4.69, 9.17) is 5.73 Å². The van der Waals surface area contributed by atoms with Gasteiger partial charge in [0.2, 0.25) is 0 Å². The zero-order chi connectivity index (χ0) is 13.1. The van der Waals surface area contributed by atoms with E-state index < -0.39 is 0 Å². The highest BCUT2D eigenvalue weighted by atomic mass is 79.9. The molecule has 2 heterocycles. The highest BCUT2D eigenvalue weighted by Gasteiger charge is 2.09. The van der Waals surface area contributed by atoms with Gasteiger partial charge in [-0.2, -0.15) is 0 Å². The number of hydrogen-bond donors (Lipinski definition) is 2. The number of hydrogen-bond acceptors (Lipinski definition) is 4. The van der Waals surface area contributed by atoms with Crippen LogP contribution in [0.25, 0.3) is 0 Å². The van der Waals surface area contributed by atoms with Crippen LogP contribution in [-0.4, -0.2) is 15.9 Å². The Hall–Kier alpha value is -1.95. The Balaban J connectivity index is 2.18. The van der Waals surface area contributed by atoms with Crippen molar-refractivity contribution in [2.24, 2.45) is 0 Å². The first-order chi connectivity index (χ1) is 8.56. The number of halogens is 1. The van der Waals surface area contributed by atoms with Crippen LogP contribution in [0.3, 0.4) is 0 Å². The lowest BCUT2D eigenvalue weighted by Gasteiger charge is -2.06. The Kier molecular flexibility index (Phi) is 3.57. The predicted molar refractivity (Wildman–Crippen MR) is 73.3 cm³/mol. The third-order valence-corrected chi connectivity index (χ3v) is 2.87. The Morgan fingerprint density at radius 3 is 2.72 bits per heavy atom. The van der Waals surface area contributed by atoms with E-state index >= 15 is 0 Å². The molecule has 0 bridgehead atoms. The number of pyridine rings is 2. The molecule has 2 aromatic rings. The number of nitrogen functional groups attached to an aromatic ring is 1. The molecule has 0 unspecified atom stereocenters. The zero-order valence-corrected chi connectivity index (χ0v) is 11.2. The van der Waals surface area contributed by atoms with Gasteiger partial charge in [0.05, 0.1) is 21.9 Å². The van der Waals surface area contributed by atoms with Gasteiger partial charge in [0.25, 0.3) is 5.91 Å². The highest BCUT2D eigenvalue weighted by Crippen LogP contribution is 2.22. The normalized spacial score (nSPS) is 10.1. The number of nitrogens with zero attached hydrogens (tertiary/aromatic N) is 2. The van der Waals surface area contributed by atoms with Gasteiger partial charge < -0.3 is 11.1 Å². The van der Waals surface area contributed by atoms with Gasteiger partial charge in [-0.05, 0) is 41.1 Å². The number of amides is 1. The summed E-state index contributed by atoms with van der Waals surface area (Å²) >= 11 is 3.29. The van der Waals surface area contributed by atoms with Crippen LogP contribution >= 0.6 is 15.9 Å². The first-order valence-electron chi connectivity index (χ1n) is 5.21. The lowest BCUT2D eigenvalue weighted by Crippen LogP contribution is -2.13. The number of carbonyl (C=O) groups is 1. The van der Waals surface area contributed by atoms with Gasteiger partial charge in [-0.1, -0.05) is 0 Å². The second-order valence-electron chi connectivity index (χ2n) is 3.74. The molecule has 6 heteroatoms. The van der Waals surface area contributed by atoms with E-state index in [1.807, 2.05) is 6.92 Å². The zero-order valence-electron chi connectivity index (χ0n) is 9.64. The Labute approximate surface area is 113 Å². The smallest absolute Gasteiger partial charge is 0.258 e. The fourth-order valence-corrected chi connectivity index (χ4v) is 1.79. The van der Waals surface area contributed by atoms with E-state index in [0.717, 1.165) is 5.69 Å². The minimum atomic E-state index is -0.263. The number of aryl methyl sites for hydroxylation is 1. The second kappa shape index (κ2) is 5.14. The van der Waals surface area contributed by atoms with Crippen LogP contribution in [0.15, 0.2) is 35.1 Å². The van der Waals surface area contributed by atoms with E-state index in [9.17, 15) is 4.79 Å². The summed E-state index contributed by atoms with van der Waals surface area (Å²) < 4.78 is 0.635.